The van der Waals surface area contributed by atoms with Gasteiger partial charge in [0.05, 0.1) is 12.3 Å². The molecule has 0 spiro atoms. The van der Waals surface area contributed by atoms with Crippen molar-refractivity contribution in [1.29, 1.82) is 0 Å². The first-order valence-electron chi connectivity index (χ1n) is 5.76. The Hall–Kier alpha value is -1.55. The highest BCUT2D eigenvalue weighted by Gasteiger charge is 2.18. The van der Waals surface area contributed by atoms with Gasteiger partial charge in [-0.3, -0.25) is 9.59 Å². The molecule has 18 heavy (non-hydrogen) atoms. The van der Waals surface area contributed by atoms with E-state index in [-0.39, 0.29) is 18.2 Å². The number of aryl methyl sites for hydroxylation is 2. The molecule has 0 unspecified atom stereocenters. The molecule has 0 fully saturated rings. The minimum atomic E-state index is -0.0250. The second-order valence-electron chi connectivity index (χ2n) is 4.34. The number of amides is 1. The third-order valence-electron chi connectivity index (χ3n) is 3.01. The summed E-state index contributed by atoms with van der Waals surface area (Å²) in [6, 6.07) is 5.63. The summed E-state index contributed by atoms with van der Waals surface area (Å²) >= 11 is 1.45. The van der Waals surface area contributed by atoms with Crippen molar-refractivity contribution in [2.24, 2.45) is 0 Å². The number of carbonyl (C=O) groups is 2. The van der Waals surface area contributed by atoms with Gasteiger partial charge < -0.3 is 4.90 Å². The zero-order valence-corrected chi connectivity index (χ0v) is 11.3. The first-order chi connectivity index (χ1) is 8.58. The van der Waals surface area contributed by atoms with Gasteiger partial charge in [0, 0.05) is 11.8 Å². The van der Waals surface area contributed by atoms with Crippen molar-refractivity contribution in [2.45, 2.75) is 13.8 Å². The molecule has 1 aliphatic rings. The minimum Gasteiger partial charge on any atom is -0.310 e. The number of hydrogen-bond donors (Lipinski definition) is 0. The first kappa shape index (κ1) is 12.9. The molecule has 0 bridgehead atoms. The quantitative estimate of drug-likeness (QED) is 0.785. The van der Waals surface area contributed by atoms with Crippen molar-refractivity contribution >= 4 is 23.5 Å². The molecule has 1 aliphatic heterocycles. The van der Waals surface area contributed by atoms with Gasteiger partial charge in [0.1, 0.15) is 0 Å². The monoisotopic (exact) mass is 261 g/mol. The molecule has 1 amide bonds. The fourth-order valence-corrected chi connectivity index (χ4v) is 2.34. The Morgan fingerprint density at radius 3 is 2.78 bits per heavy atom. The first-order valence-corrected chi connectivity index (χ1v) is 6.81. The molecular weight excluding hydrogens is 246 g/mol. The average Bonchev–Trinajstić information content (AvgIpc) is 2.35. The summed E-state index contributed by atoms with van der Waals surface area (Å²) in [5.41, 5.74) is 2.92. The standard InChI is InChI=1S/C14H15NO2S/c1-10-3-4-12(7-11(10)2)13(16)8-15-5-6-18-9-14(15)17/h3-7H,8-9H2,1-2H3. The SMILES string of the molecule is Cc1ccc(C(=O)CN2C=CSCC2=O)cc1C. The lowest BCUT2D eigenvalue weighted by molar-refractivity contribution is -0.125. The lowest BCUT2D eigenvalue weighted by Gasteiger charge is -2.20. The molecule has 1 aromatic carbocycles. The van der Waals surface area contributed by atoms with Crippen molar-refractivity contribution in [3.63, 3.8) is 0 Å². The maximum Gasteiger partial charge on any atom is 0.237 e. The Bertz CT molecular complexity index is 523. The summed E-state index contributed by atoms with van der Waals surface area (Å²) in [7, 11) is 0. The number of Topliss-reactive ketones (excluding diaryl/α,β-unsaturated/α-hetero) is 1. The Labute approximate surface area is 111 Å². The van der Waals surface area contributed by atoms with Crippen LogP contribution in [0.2, 0.25) is 0 Å². The number of nitrogens with zero attached hydrogens (tertiary/aromatic N) is 1. The van der Waals surface area contributed by atoms with Crippen LogP contribution in [0.3, 0.4) is 0 Å². The molecule has 4 heteroatoms. The molecule has 0 atom stereocenters. The number of benzene rings is 1. The molecule has 0 aliphatic carbocycles. The Morgan fingerprint density at radius 1 is 1.33 bits per heavy atom. The zero-order chi connectivity index (χ0) is 13.1. The van der Waals surface area contributed by atoms with Gasteiger partial charge in [-0.25, -0.2) is 0 Å². The van der Waals surface area contributed by atoms with Crippen molar-refractivity contribution in [3.8, 4) is 0 Å². The molecule has 0 radical (unpaired) electrons. The molecule has 0 N–H and O–H groups in total. The van der Waals surface area contributed by atoms with Crippen molar-refractivity contribution in [3.05, 3.63) is 46.5 Å². The van der Waals surface area contributed by atoms with Gasteiger partial charge in [0.15, 0.2) is 5.78 Å². The molecule has 0 saturated carbocycles. The normalized spacial score (nSPS) is 15.0. The van der Waals surface area contributed by atoms with Gasteiger partial charge in [-0.1, -0.05) is 12.1 Å². The lowest BCUT2D eigenvalue weighted by atomic mass is 10.0. The highest BCUT2D eigenvalue weighted by Crippen LogP contribution is 2.15. The van der Waals surface area contributed by atoms with E-state index in [4.69, 9.17) is 0 Å². The predicted molar refractivity (Wildman–Crippen MR) is 73.6 cm³/mol. The van der Waals surface area contributed by atoms with E-state index in [9.17, 15) is 9.59 Å². The molecule has 0 saturated heterocycles. The van der Waals surface area contributed by atoms with Crippen LogP contribution in [0.4, 0.5) is 0 Å². The van der Waals surface area contributed by atoms with E-state index >= 15 is 0 Å². The highest BCUT2D eigenvalue weighted by atomic mass is 32.2. The van der Waals surface area contributed by atoms with E-state index in [0.29, 0.717) is 11.3 Å². The van der Waals surface area contributed by atoms with E-state index < -0.39 is 0 Å². The molecule has 0 aromatic heterocycles. The van der Waals surface area contributed by atoms with Crippen LogP contribution in [0.15, 0.2) is 29.8 Å². The number of ketones is 1. The smallest absolute Gasteiger partial charge is 0.237 e. The van der Waals surface area contributed by atoms with Gasteiger partial charge in [0.25, 0.3) is 0 Å². The van der Waals surface area contributed by atoms with Crippen LogP contribution < -0.4 is 0 Å². The summed E-state index contributed by atoms with van der Waals surface area (Å²) in [4.78, 5) is 25.2. The zero-order valence-electron chi connectivity index (χ0n) is 10.5. The van der Waals surface area contributed by atoms with E-state index in [0.717, 1.165) is 11.1 Å². The fraction of sp³-hybridized carbons (Fsp3) is 0.286. The molecule has 1 heterocycles. The Kier molecular flexibility index (Phi) is 3.87. The third-order valence-corrected chi connectivity index (χ3v) is 3.73. The summed E-state index contributed by atoms with van der Waals surface area (Å²) < 4.78 is 0. The van der Waals surface area contributed by atoms with E-state index in [1.807, 2.05) is 37.5 Å². The number of carbonyl (C=O) groups excluding carboxylic acids is 2. The number of rotatable bonds is 3. The third kappa shape index (κ3) is 2.82. The van der Waals surface area contributed by atoms with Crippen LogP contribution in [0.5, 0.6) is 0 Å². The fourth-order valence-electron chi connectivity index (χ4n) is 1.70. The van der Waals surface area contributed by atoms with Crippen molar-refractivity contribution < 1.29 is 9.59 Å². The molecule has 2 rings (SSSR count). The molecule has 94 valence electrons. The van der Waals surface area contributed by atoms with Gasteiger partial charge >= 0.3 is 0 Å². The van der Waals surface area contributed by atoms with Crippen molar-refractivity contribution in [2.75, 3.05) is 12.3 Å². The van der Waals surface area contributed by atoms with Crippen LogP contribution in [-0.4, -0.2) is 28.9 Å². The van der Waals surface area contributed by atoms with Gasteiger partial charge in [-0.05, 0) is 36.4 Å². The van der Waals surface area contributed by atoms with Crippen LogP contribution in [0, 0.1) is 13.8 Å². The van der Waals surface area contributed by atoms with E-state index in [1.165, 1.54) is 16.7 Å². The number of thioether (sulfide) groups is 1. The van der Waals surface area contributed by atoms with E-state index in [1.54, 1.807) is 6.20 Å². The van der Waals surface area contributed by atoms with Gasteiger partial charge in [-0.15, -0.1) is 11.8 Å². The topological polar surface area (TPSA) is 37.4 Å². The number of hydrogen-bond acceptors (Lipinski definition) is 3. The molecular formula is C14H15NO2S. The molecule has 3 nitrogen and oxygen atoms in total. The van der Waals surface area contributed by atoms with E-state index in [2.05, 4.69) is 0 Å². The van der Waals surface area contributed by atoms with Crippen LogP contribution in [0.25, 0.3) is 0 Å². The van der Waals surface area contributed by atoms with Gasteiger partial charge in [-0.2, -0.15) is 0 Å². The average molecular weight is 261 g/mol. The van der Waals surface area contributed by atoms with Crippen LogP contribution >= 0.6 is 11.8 Å². The second kappa shape index (κ2) is 5.40. The second-order valence-corrected chi connectivity index (χ2v) is 5.23. The lowest BCUT2D eigenvalue weighted by Crippen LogP contribution is -2.33. The highest BCUT2D eigenvalue weighted by molar-refractivity contribution is 8.02. The predicted octanol–water partition coefficient (Wildman–Crippen LogP) is 2.53. The minimum absolute atomic E-state index is 0.0142. The maximum atomic E-state index is 12.1. The largest absolute Gasteiger partial charge is 0.310 e. The summed E-state index contributed by atoms with van der Waals surface area (Å²) in [5.74, 6) is 0.374. The summed E-state index contributed by atoms with van der Waals surface area (Å²) in [5, 5.41) is 1.84. The Morgan fingerprint density at radius 2 is 2.11 bits per heavy atom. The van der Waals surface area contributed by atoms with Gasteiger partial charge in [0.2, 0.25) is 5.91 Å². The van der Waals surface area contributed by atoms with Crippen LogP contribution in [0.1, 0.15) is 21.5 Å². The maximum absolute atomic E-state index is 12.1. The summed E-state index contributed by atoms with van der Waals surface area (Å²) in [6.45, 7) is 4.12. The van der Waals surface area contributed by atoms with Crippen LogP contribution in [-0.2, 0) is 4.79 Å². The Balaban J connectivity index is 2.12. The van der Waals surface area contributed by atoms with Crippen molar-refractivity contribution in [1.82, 2.24) is 4.90 Å². The molecule has 1 aromatic rings. The summed E-state index contributed by atoms with van der Waals surface area (Å²) in [6.07, 6.45) is 1.68.